The van der Waals surface area contributed by atoms with Gasteiger partial charge in [0.05, 0.1) is 6.54 Å². The van der Waals surface area contributed by atoms with Crippen molar-refractivity contribution in [2.75, 3.05) is 26.7 Å². The Morgan fingerprint density at radius 2 is 1.96 bits per heavy atom. The van der Waals surface area contributed by atoms with Crippen LogP contribution in [0.2, 0.25) is 10.0 Å². The lowest BCUT2D eigenvalue weighted by Crippen LogP contribution is -2.46. The summed E-state index contributed by atoms with van der Waals surface area (Å²) in [6.07, 6.45) is 2.61. The molecule has 7 heteroatoms. The fraction of sp³-hybridized carbons (Fsp3) is 0.529. The van der Waals surface area contributed by atoms with Crippen molar-refractivity contribution in [2.24, 2.45) is 0 Å². The molecule has 1 aromatic rings. The van der Waals surface area contributed by atoms with Gasteiger partial charge in [-0.1, -0.05) is 29.3 Å². The summed E-state index contributed by atoms with van der Waals surface area (Å²) in [5.41, 5.74) is 0.922. The topological polar surface area (TPSA) is 60.9 Å². The number of benzene rings is 1. The van der Waals surface area contributed by atoms with Crippen molar-refractivity contribution in [2.45, 2.75) is 31.7 Å². The van der Waals surface area contributed by atoms with E-state index in [-0.39, 0.29) is 18.5 Å². The molecular formula is C17H22Cl2N2O3. The molecule has 24 heavy (non-hydrogen) atoms. The first-order chi connectivity index (χ1) is 11.4. The molecule has 1 aliphatic heterocycles. The zero-order chi connectivity index (χ0) is 17.7. The molecule has 0 saturated carbocycles. The number of halogens is 2. The van der Waals surface area contributed by atoms with Gasteiger partial charge in [-0.3, -0.25) is 14.5 Å². The largest absolute Gasteiger partial charge is 0.480 e. The Labute approximate surface area is 152 Å². The number of nitrogens with zero attached hydrogens (tertiary/aromatic N) is 2. The zero-order valence-corrected chi connectivity index (χ0v) is 15.2. The van der Waals surface area contributed by atoms with Gasteiger partial charge >= 0.3 is 5.97 Å². The van der Waals surface area contributed by atoms with Gasteiger partial charge in [0.2, 0.25) is 5.91 Å². The van der Waals surface area contributed by atoms with Crippen LogP contribution >= 0.6 is 23.2 Å². The Morgan fingerprint density at radius 1 is 1.29 bits per heavy atom. The van der Waals surface area contributed by atoms with Gasteiger partial charge in [-0.15, -0.1) is 0 Å². The molecule has 1 heterocycles. The van der Waals surface area contributed by atoms with Crippen molar-refractivity contribution in [3.8, 4) is 0 Å². The van der Waals surface area contributed by atoms with Gasteiger partial charge in [0.15, 0.2) is 0 Å². The van der Waals surface area contributed by atoms with Crippen molar-refractivity contribution in [1.82, 2.24) is 9.80 Å². The summed E-state index contributed by atoms with van der Waals surface area (Å²) in [6, 6.07) is 5.53. The van der Waals surface area contributed by atoms with E-state index in [9.17, 15) is 9.59 Å². The Hall–Kier alpha value is -1.30. The highest BCUT2D eigenvalue weighted by Crippen LogP contribution is 2.23. The van der Waals surface area contributed by atoms with Gasteiger partial charge in [-0.05, 0) is 44.0 Å². The lowest BCUT2D eigenvalue weighted by Gasteiger charge is -2.36. The van der Waals surface area contributed by atoms with Gasteiger partial charge in [-0.2, -0.15) is 0 Å². The van der Waals surface area contributed by atoms with E-state index >= 15 is 0 Å². The van der Waals surface area contributed by atoms with Crippen LogP contribution in [0.1, 0.15) is 24.8 Å². The normalized spacial score (nSPS) is 15.8. The van der Waals surface area contributed by atoms with E-state index in [1.165, 1.54) is 0 Å². The molecule has 0 spiro atoms. The van der Waals surface area contributed by atoms with Crippen molar-refractivity contribution in [3.63, 3.8) is 0 Å². The van der Waals surface area contributed by atoms with Crippen LogP contribution < -0.4 is 0 Å². The molecule has 1 aromatic carbocycles. The molecular weight excluding hydrogens is 351 g/mol. The fourth-order valence-corrected chi connectivity index (χ4v) is 3.53. The summed E-state index contributed by atoms with van der Waals surface area (Å²) in [5, 5.41) is 10.0. The maximum absolute atomic E-state index is 12.4. The molecule has 1 N–H and O–H groups in total. The lowest BCUT2D eigenvalue weighted by molar-refractivity contribution is -0.139. The summed E-state index contributed by atoms with van der Waals surface area (Å²) in [4.78, 5) is 26.8. The smallest absolute Gasteiger partial charge is 0.317 e. The number of aliphatic carboxylic acids is 1. The van der Waals surface area contributed by atoms with Crippen LogP contribution in [0.3, 0.4) is 0 Å². The van der Waals surface area contributed by atoms with Crippen LogP contribution in [0.5, 0.6) is 0 Å². The van der Waals surface area contributed by atoms with Gasteiger partial charge in [0, 0.05) is 35.6 Å². The molecule has 0 bridgehead atoms. The van der Waals surface area contributed by atoms with E-state index in [4.69, 9.17) is 28.3 Å². The first kappa shape index (κ1) is 19.0. The Kier molecular flexibility index (Phi) is 6.90. The minimum Gasteiger partial charge on any atom is -0.480 e. The van der Waals surface area contributed by atoms with Gasteiger partial charge < -0.3 is 10.0 Å². The van der Waals surface area contributed by atoms with E-state index in [1.807, 2.05) is 22.9 Å². The van der Waals surface area contributed by atoms with Crippen molar-refractivity contribution >= 4 is 35.1 Å². The van der Waals surface area contributed by atoms with E-state index in [0.717, 1.165) is 18.4 Å². The summed E-state index contributed by atoms with van der Waals surface area (Å²) in [5.74, 6) is -0.712. The van der Waals surface area contributed by atoms with Crippen LogP contribution in [0.25, 0.3) is 0 Å². The molecule has 0 atom stereocenters. The molecule has 2 rings (SSSR count). The number of hydrogen-bond acceptors (Lipinski definition) is 3. The highest BCUT2D eigenvalue weighted by molar-refractivity contribution is 6.35. The number of carboxylic acids is 1. The average Bonchev–Trinajstić information content (AvgIpc) is 2.53. The van der Waals surface area contributed by atoms with Crippen molar-refractivity contribution in [3.05, 3.63) is 33.8 Å². The van der Waals surface area contributed by atoms with E-state index < -0.39 is 5.97 Å². The van der Waals surface area contributed by atoms with Gasteiger partial charge in [0.1, 0.15) is 0 Å². The number of amides is 1. The molecule has 0 radical (unpaired) electrons. The first-order valence-corrected chi connectivity index (χ1v) is 8.76. The third kappa shape index (κ3) is 5.36. The second kappa shape index (κ2) is 8.70. The Balaban J connectivity index is 1.79. The van der Waals surface area contributed by atoms with Crippen LogP contribution in [-0.2, 0) is 16.0 Å². The van der Waals surface area contributed by atoms with Gasteiger partial charge in [0.25, 0.3) is 0 Å². The van der Waals surface area contributed by atoms with E-state index in [2.05, 4.69) is 0 Å². The fourth-order valence-electron chi connectivity index (χ4n) is 3.02. The molecule has 0 aromatic heterocycles. The molecule has 132 valence electrons. The molecule has 1 amide bonds. The molecule has 1 saturated heterocycles. The first-order valence-electron chi connectivity index (χ1n) is 8.00. The lowest BCUT2D eigenvalue weighted by atomic mass is 10.0. The predicted molar refractivity (Wildman–Crippen MR) is 94.7 cm³/mol. The number of likely N-dealkylation sites (N-methyl/N-ethyl adjacent to an activating group) is 1. The Morgan fingerprint density at radius 3 is 2.54 bits per heavy atom. The van der Waals surface area contributed by atoms with Crippen LogP contribution in [0, 0.1) is 0 Å². The number of carboxylic acid groups (broad SMARTS) is 1. The summed E-state index contributed by atoms with van der Waals surface area (Å²) in [7, 11) is 1.82. The van der Waals surface area contributed by atoms with Crippen LogP contribution in [0.15, 0.2) is 18.2 Å². The van der Waals surface area contributed by atoms with Crippen molar-refractivity contribution in [1.29, 1.82) is 0 Å². The summed E-state index contributed by atoms with van der Waals surface area (Å²) >= 11 is 12.0. The molecule has 1 fully saturated rings. The number of carbonyl (C=O) groups excluding carboxylic acids is 1. The van der Waals surface area contributed by atoms with E-state index in [1.54, 1.807) is 12.1 Å². The number of rotatable bonds is 6. The maximum Gasteiger partial charge on any atom is 0.317 e. The SMILES string of the molecule is CN(CC(=O)O)C1CCN(C(=O)CCc2ccc(Cl)cc2Cl)CC1. The number of carbonyl (C=O) groups is 2. The second-order valence-electron chi connectivity index (χ2n) is 6.16. The van der Waals surface area contributed by atoms with Crippen molar-refractivity contribution < 1.29 is 14.7 Å². The average molecular weight is 373 g/mol. The molecule has 1 aliphatic rings. The standard InChI is InChI=1S/C17H22Cl2N2O3/c1-20(11-17(23)24)14-6-8-21(9-7-14)16(22)5-3-12-2-4-13(18)10-15(12)19/h2,4,10,14H,3,5-9,11H2,1H3,(H,23,24). The third-order valence-electron chi connectivity index (χ3n) is 4.45. The monoisotopic (exact) mass is 372 g/mol. The number of piperidine rings is 1. The molecule has 0 aliphatic carbocycles. The summed E-state index contributed by atoms with van der Waals surface area (Å²) in [6.45, 7) is 1.37. The highest BCUT2D eigenvalue weighted by Gasteiger charge is 2.25. The minimum absolute atomic E-state index is 0.0354. The Bertz CT molecular complexity index is 601. The quantitative estimate of drug-likeness (QED) is 0.833. The zero-order valence-electron chi connectivity index (χ0n) is 13.7. The maximum atomic E-state index is 12.4. The predicted octanol–water partition coefficient (Wildman–Crippen LogP) is 2.93. The number of aryl methyl sites for hydroxylation is 1. The second-order valence-corrected chi connectivity index (χ2v) is 7.00. The van der Waals surface area contributed by atoms with E-state index in [0.29, 0.717) is 36.0 Å². The third-order valence-corrected chi connectivity index (χ3v) is 5.04. The highest BCUT2D eigenvalue weighted by atomic mass is 35.5. The molecule has 0 unspecified atom stereocenters. The minimum atomic E-state index is -0.823. The number of hydrogen-bond donors (Lipinski definition) is 1. The molecule has 5 nitrogen and oxygen atoms in total. The van der Waals surface area contributed by atoms with Gasteiger partial charge in [-0.25, -0.2) is 0 Å². The van der Waals surface area contributed by atoms with Crippen LogP contribution in [0.4, 0.5) is 0 Å². The van der Waals surface area contributed by atoms with Crippen LogP contribution in [-0.4, -0.2) is 59.5 Å². The summed E-state index contributed by atoms with van der Waals surface area (Å²) < 4.78 is 0. The number of likely N-dealkylation sites (tertiary alicyclic amines) is 1.